The van der Waals surface area contributed by atoms with Crippen molar-refractivity contribution in [2.24, 2.45) is 0 Å². The second kappa shape index (κ2) is 7.23. The Kier molecular flexibility index (Phi) is 5.34. The molecule has 1 N–H and O–H groups in total. The molecular weight excluding hydrogens is 265 g/mol. The summed E-state index contributed by atoms with van der Waals surface area (Å²) in [6.07, 6.45) is 0. The fraction of sp³-hybridized carbons (Fsp3) is 0.333. The van der Waals surface area contributed by atoms with E-state index < -0.39 is 0 Å². The molecule has 0 saturated heterocycles. The van der Waals surface area contributed by atoms with Crippen LogP contribution in [-0.4, -0.2) is 13.2 Å². The van der Waals surface area contributed by atoms with Crippen LogP contribution in [0, 0.1) is 5.82 Å². The second-order valence-corrected chi connectivity index (χ2v) is 4.94. The summed E-state index contributed by atoms with van der Waals surface area (Å²) >= 11 is 0. The largest absolute Gasteiger partial charge is 0.493 e. The van der Waals surface area contributed by atoms with Crippen molar-refractivity contribution in [3.05, 3.63) is 53.8 Å². The molecule has 0 amide bonds. The summed E-state index contributed by atoms with van der Waals surface area (Å²) in [6.45, 7) is 7.55. The smallest absolute Gasteiger partial charge is 0.127 e. The van der Waals surface area contributed by atoms with Gasteiger partial charge in [-0.15, -0.1) is 0 Å². The summed E-state index contributed by atoms with van der Waals surface area (Å²) in [6, 6.07) is 12.9. The van der Waals surface area contributed by atoms with Gasteiger partial charge in [-0.3, -0.25) is 0 Å². The van der Waals surface area contributed by atoms with Crippen LogP contribution in [0.25, 0.3) is 11.1 Å². The van der Waals surface area contributed by atoms with Crippen LogP contribution in [-0.2, 0) is 0 Å². The summed E-state index contributed by atoms with van der Waals surface area (Å²) in [5.41, 5.74) is 2.89. The molecule has 2 nitrogen and oxygen atoms in total. The number of rotatable bonds is 6. The average molecular weight is 287 g/mol. The van der Waals surface area contributed by atoms with Gasteiger partial charge in [0.2, 0.25) is 0 Å². The normalized spacial score (nSPS) is 12.2. The number of benzene rings is 2. The fourth-order valence-electron chi connectivity index (χ4n) is 2.53. The van der Waals surface area contributed by atoms with E-state index in [0.717, 1.165) is 29.0 Å². The van der Waals surface area contributed by atoms with Crippen LogP contribution in [0.4, 0.5) is 4.39 Å². The lowest BCUT2D eigenvalue weighted by Crippen LogP contribution is -2.18. The van der Waals surface area contributed by atoms with Gasteiger partial charge >= 0.3 is 0 Å². The average Bonchev–Trinajstić information content (AvgIpc) is 2.48. The van der Waals surface area contributed by atoms with Crippen LogP contribution in [0.3, 0.4) is 0 Å². The first kappa shape index (κ1) is 15.5. The molecule has 0 bridgehead atoms. The number of ether oxygens (including phenoxy) is 1. The van der Waals surface area contributed by atoms with E-state index in [0.29, 0.717) is 6.61 Å². The van der Waals surface area contributed by atoms with Crippen LogP contribution in [0.5, 0.6) is 5.75 Å². The Hall–Kier alpha value is -1.87. The van der Waals surface area contributed by atoms with Gasteiger partial charge in [-0.1, -0.05) is 31.2 Å². The van der Waals surface area contributed by atoms with E-state index in [4.69, 9.17) is 4.74 Å². The summed E-state index contributed by atoms with van der Waals surface area (Å²) in [5, 5.41) is 3.38. The highest BCUT2D eigenvalue weighted by molar-refractivity contribution is 5.74. The molecule has 0 saturated carbocycles. The van der Waals surface area contributed by atoms with Crippen molar-refractivity contribution < 1.29 is 9.13 Å². The van der Waals surface area contributed by atoms with Gasteiger partial charge in [0, 0.05) is 11.6 Å². The molecule has 2 rings (SSSR count). The highest BCUT2D eigenvalue weighted by Gasteiger charge is 2.15. The zero-order valence-corrected chi connectivity index (χ0v) is 12.8. The molecule has 0 radical (unpaired) electrons. The lowest BCUT2D eigenvalue weighted by Gasteiger charge is -2.19. The Morgan fingerprint density at radius 1 is 1.10 bits per heavy atom. The van der Waals surface area contributed by atoms with Crippen LogP contribution < -0.4 is 10.1 Å². The Labute approximate surface area is 126 Å². The first-order valence-corrected chi connectivity index (χ1v) is 7.42. The van der Waals surface area contributed by atoms with E-state index in [2.05, 4.69) is 19.2 Å². The zero-order valence-electron chi connectivity index (χ0n) is 12.8. The number of halogens is 1. The van der Waals surface area contributed by atoms with Crippen molar-refractivity contribution in [3.63, 3.8) is 0 Å². The summed E-state index contributed by atoms with van der Waals surface area (Å²) in [7, 11) is 0. The summed E-state index contributed by atoms with van der Waals surface area (Å²) in [5.74, 6) is 0.555. The number of hydrogen-bond acceptors (Lipinski definition) is 2. The fourth-order valence-corrected chi connectivity index (χ4v) is 2.53. The molecule has 1 unspecified atom stereocenters. The van der Waals surface area contributed by atoms with Crippen LogP contribution in [0.15, 0.2) is 42.5 Å². The van der Waals surface area contributed by atoms with Crippen LogP contribution >= 0.6 is 0 Å². The minimum absolute atomic E-state index is 0.153. The summed E-state index contributed by atoms with van der Waals surface area (Å²) < 4.78 is 19.4. The van der Waals surface area contributed by atoms with Crippen molar-refractivity contribution >= 4 is 0 Å². The molecular formula is C18H22FNO. The van der Waals surface area contributed by atoms with Gasteiger partial charge < -0.3 is 10.1 Å². The predicted octanol–water partition coefficient (Wildman–Crippen LogP) is 4.56. The monoisotopic (exact) mass is 287 g/mol. The minimum Gasteiger partial charge on any atom is -0.493 e. The van der Waals surface area contributed by atoms with E-state index in [9.17, 15) is 4.39 Å². The molecule has 0 heterocycles. The molecule has 0 spiro atoms. The van der Waals surface area contributed by atoms with E-state index in [1.54, 1.807) is 6.07 Å². The maximum absolute atomic E-state index is 13.7. The maximum atomic E-state index is 13.7. The highest BCUT2D eigenvalue weighted by Crippen LogP contribution is 2.35. The molecule has 112 valence electrons. The number of hydrogen-bond donors (Lipinski definition) is 1. The number of nitrogens with one attached hydrogen (secondary N) is 1. The Morgan fingerprint density at radius 2 is 1.86 bits per heavy atom. The van der Waals surface area contributed by atoms with Gasteiger partial charge in [-0.05, 0) is 49.7 Å². The van der Waals surface area contributed by atoms with E-state index >= 15 is 0 Å². The first-order chi connectivity index (χ1) is 10.2. The third-order valence-electron chi connectivity index (χ3n) is 3.47. The van der Waals surface area contributed by atoms with Gasteiger partial charge in [0.1, 0.15) is 11.6 Å². The predicted molar refractivity (Wildman–Crippen MR) is 85.1 cm³/mol. The Balaban J connectivity index is 2.54. The van der Waals surface area contributed by atoms with Gasteiger partial charge in [-0.2, -0.15) is 0 Å². The zero-order chi connectivity index (χ0) is 15.2. The van der Waals surface area contributed by atoms with E-state index in [1.807, 2.05) is 37.3 Å². The number of para-hydroxylation sites is 1. The molecule has 0 aliphatic carbocycles. The molecule has 0 aliphatic rings. The van der Waals surface area contributed by atoms with Crippen molar-refractivity contribution in [2.45, 2.75) is 26.8 Å². The third-order valence-corrected chi connectivity index (χ3v) is 3.47. The standard InChI is InChI=1S/C18H22FNO/c1-4-20-13(3)15-11-10-14(19)12-17(15)16-8-6-7-9-18(16)21-5-2/h6-13,20H,4-5H2,1-3H3. The Morgan fingerprint density at radius 3 is 2.57 bits per heavy atom. The van der Waals surface area contributed by atoms with Gasteiger partial charge in [0.05, 0.1) is 6.61 Å². The molecule has 2 aromatic rings. The van der Waals surface area contributed by atoms with Crippen LogP contribution in [0.2, 0.25) is 0 Å². The third kappa shape index (κ3) is 3.61. The molecule has 0 aliphatic heterocycles. The van der Waals surface area contributed by atoms with Gasteiger partial charge in [0.25, 0.3) is 0 Å². The van der Waals surface area contributed by atoms with E-state index in [1.165, 1.54) is 6.07 Å². The Bertz CT molecular complexity index is 598. The quantitative estimate of drug-likeness (QED) is 0.840. The molecule has 1 atom stereocenters. The highest BCUT2D eigenvalue weighted by atomic mass is 19.1. The lowest BCUT2D eigenvalue weighted by molar-refractivity contribution is 0.341. The molecule has 3 heteroatoms. The maximum Gasteiger partial charge on any atom is 0.127 e. The molecule has 0 fully saturated rings. The van der Waals surface area contributed by atoms with Crippen molar-refractivity contribution in [1.82, 2.24) is 5.32 Å². The topological polar surface area (TPSA) is 21.3 Å². The SMILES string of the molecule is CCNC(C)c1ccc(F)cc1-c1ccccc1OCC. The van der Waals surface area contributed by atoms with Crippen LogP contribution in [0.1, 0.15) is 32.4 Å². The van der Waals surface area contributed by atoms with Gasteiger partial charge in [0.15, 0.2) is 0 Å². The van der Waals surface area contributed by atoms with E-state index in [-0.39, 0.29) is 11.9 Å². The van der Waals surface area contributed by atoms with Gasteiger partial charge in [-0.25, -0.2) is 4.39 Å². The van der Waals surface area contributed by atoms with Crippen molar-refractivity contribution in [2.75, 3.05) is 13.2 Å². The summed E-state index contributed by atoms with van der Waals surface area (Å²) in [4.78, 5) is 0. The van der Waals surface area contributed by atoms with Crippen molar-refractivity contribution in [1.29, 1.82) is 0 Å². The lowest BCUT2D eigenvalue weighted by atomic mass is 9.94. The van der Waals surface area contributed by atoms with Crippen molar-refractivity contribution in [3.8, 4) is 16.9 Å². The molecule has 2 aromatic carbocycles. The second-order valence-electron chi connectivity index (χ2n) is 4.94. The first-order valence-electron chi connectivity index (χ1n) is 7.42. The molecule has 21 heavy (non-hydrogen) atoms. The minimum atomic E-state index is -0.233. The molecule has 0 aromatic heterocycles.